The Balaban J connectivity index is 3.52. The third kappa shape index (κ3) is 8.96. The molecule has 0 radical (unpaired) electrons. The maximum Gasteiger partial charge on any atom is 0.408 e. The number of alkyl carbamates (subject to hydrolysis) is 1. The summed E-state index contributed by atoms with van der Waals surface area (Å²) < 4.78 is 9.33. The second-order valence-electron chi connectivity index (χ2n) is 2.93. The minimum Gasteiger partial charge on any atom is -0.460 e. The minimum atomic E-state index is -0.663. The fourth-order valence-corrected chi connectivity index (χ4v) is 0.680. The molecule has 0 aromatic rings. The lowest BCUT2D eigenvalue weighted by Crippen LogP contribution is -2.28. The van der Waals surface area contributed by atoms with Gasteiger partial charge in [-0.1, -0.05) is 18.4 Å². The van der Waals surface area contributed by atoms with Gasteiger partial charge in [0.2, 0.25) is 0 Å². The van der Waals surface area contributed by atoms with Crippen LogP contribution in [0, 0.1) is 11.8 Å². The van der Waals surface area contributed by atoms with Gasteiger partial charge in [-0.3, -0.25) is 0 Å². The largest absolute Gasteiger partial charge is 0.460 e. The Morgan fingerprint density at radius 3 is 2.65 bits per heavy atom. The summed E-state index contributed by atoms with van der Waals surface area (Å²) >= 11 is 0. The van der Waals surface area contributed by atoms with E-state index < -0.39 is 12.1 Å². The highest BCUT2D eigenvalue weighted by Crippen LogP contribution is 1.90. The monoisotopic (exact) mass is 241 g/mol. The van der Waals surface area contributed by atoms with Gasteiger partial charge in [0.15, 0.2) is 6.61 Å². The average molecular weight is 241 g/mol. The number of ether oxygens (including phenoxy) is 2. The van der Waals surface area contributed by atoms with Crippen molar-refractivity contribution in [1.82, 2.24) is 5.32 Å². The quantitative estimate of drug-likeness (QED) is 0.302. The van der Waals surface area contributed by atoms with Gasteiger partial charge in [-0.25, -0.2) is 9.59 Å². The number of aliphatic hydroxyl groups is 1. The molecule has 6 heteroatoms. The van der Waals surface area contributed by atoms with Gasteiger partial charge in [-0.2, -0.15) is 0 Å². The molecule has 17 heavy (non-hydrogen) atoms. The molecular formula is C11H15NO5. The van der Waals surface area contributed by atoms with Gasteiger partial charge in [0.25, 0.3) is 0 Å². The maximum absolute atomic E-state index is 11.0. The summed E-state index contributed by atoms with van der Waals surface area (Å²) in [6, 6.07) is 0. The zero-order valence-corrected chi connectivity index (χ0v) is 9.62. The van der Waals surface area contributed by atoms with Gasteiger partial charge in [0, 0.05) is 5.57 Å². The molecule has 0 aliphatic rings. The van der Waals surface area contributed by atoms with Crippen molar-refractivity contribution in [3.05, 3.63) is 12.2 Å². The Bertz CT molecular complexity index is 340. The minimum absolute atomic E-state index is 0.0448. The van der Waals surface area contributed by atoms with Gasteiger partial charge in [-0.15, -0.1) is 0 Å². The van der Waals surface area contributed by atoms with Crippen molar-refractivity contribution >= 4 is 12.1 Å². The molecule has 94 valence electrons. The lowest BCUT2D eigenvalue weighted by molar-refractivity contribution is -0.138. The zero-order valence-electron chi connectivity index (χ0n) is 9.62. The first-order valence-electron chi connectivity index (χ1n) is 4.87. The number of nitrogens with one attached hydrogen (secondary N) is 1. The molecule has 0 fully saturated rings. The van der Waals surface area contributed by atoms with Crippen LogP contribution in [-0.4, -0.2) is 43.5 Å². The van der Waals surface area contributed by atoms with E-state index >= 15 is 0 Å². The molecule has 2 N–H and O–H groups in total. The van der Waals surface area contributed by atoms with E-state index in [2.05, 4.69) is 28.5 Å². The second-order valence-corrected chi connectivity index (χ2v) is 2.93. The van der Waals surface area contributed by atoms with E-state index in [9.17, 15) is 9.59 Å². The molecule has 1 amide bonds. The fraction of sp³-hybridized carbons (Fsp3) is 0.455. The van der Waals surface area contributed by atoms with Crippen LogP contribution in [0.15, 0.2) is 12.2 Å². The van der Waals surface area contributed by atoms with Gasteiger partial charge in [-0.05, 0) is 6.92 Å². The first kappa shape index (κ1) is 15.0. The maximum atomic E-state index is 11.0. The molecule has 0 rings (SSSR count). The Morgan fingerprint density at radius 1 is 1.35 bits per heavy atom. The summed E-state index contributed by atoms with van der Waals surface area (Å²) in [5.74, 6) is 4.22. The van der Waals surface area contributed by atoms with Crippen molar-refractivity contribution < 1.29 is 24.2 Å². The van der Waals surface area contributed by atoms with E-state index in [1.54, 1.807) is 0 Å². The average Bonchev–Trinajstić information content (AvgIpc) is 2.29. The predicted molar refractivity (Wildman–Crippen MR) is 60.0 cm³/mol. The highest BCUT2D eigenvalue weighted by Gasteiger charge is 2.03. The van der Waals surface area contributed by atoms with Crippen molar-refractivity contribution in [3.8, 4) is 11.8 Å². The number of carbonyl (C=O) groups excluding carboxylic acids is 2. The lowest BCUT2D eigenvalue weighted by Gasteiger charge is -2.05. The van der Waals surface area contributed by atoms with Crippen molar-refractivity contribution in [1.29, 1.82) is 0 Å². The molecule has 0 aliphatic heterocycles. The van der Waals surface area contributed by atoms with Crippen molar-refractivity contribution in [2.24, 2.45) is 0 Å². The Morgan fingerprint density at radius 2 is 2.06 bits per heavy atom. The van der Waals surface area contributed by atoms with Gasteiger partial charge < -0.3 is 19.9 Å². The molecular weight excluding hydrogens is 226 g/mol. The van der Waals surface area contributed by atoms with Crippen molar-refractivity contribution in [2.45, 2.75) is 6.92 Å². The molecule has 0 bridgehead atoms. The number of carbonyl (C=O) groups is 2. The summed E-state index contributed by atoms with van der Waals surface area (Å²) in [6.45, 7) is 4.75. The van der Waals surface area contributed by atoms with E-state index in [1.165, 1.54) is 6.92 Å². The standard InChI is InChI=1S/C11H15NO5/c1-9(2)10(14)16-8-5-12-11(15)17-7-4-3-6-13/h13H,1,5-8H2,2H3,(H,12,15). The van der Waals surface area contributed by atoms with Crippen molar-refractivity contribution in [3.63, 3.8) is 0 Å². The number of rotatable bonds is 5. The molecule has 0 aromatic heterocycles. The van der Waals surface area contributed by atoms with Gasteiger partial charge in [0.05, 0.1) is 6.54 Å². The summed E-state index contributed by atoms with van der Waals surface area (Å²) in [7, 11) is 0. The van der Waals surface area contributed by atoms with Crippen molar-refractivity contribution in [2.75, 3.05) is 26.4 Å². The second kappa shape index (κ2) is 9.24. The normalized spacial score (nSPS) is 8.59. The van der Waals surface area contributed by atoms with E-state index in [-0.39, 0.29) is 26.4 Å². The van der Waals surface area contributed by atoms with Crippen LogP contribution in [0.3, 0.4) is 0 Å². The summed E-state index contributed by atoms with van der Waals surface area (Å²) in [5.41, 5.74) is 0.298. The Hall–Kier alpha value is -2.00. The van der Waals surface area contributed by atoms with E-state index in [0.717, 1.165) is 0 Å². The zero-order chi connectivity index (χ0) is 13.1. The molecule has 0 aliphatic carbocycles. The van der Waals surface area contributed by atoms with E-state index in [4.69, 9.17) is 9.84 Å². The first-order chi connectivity index (χ1) is 8.07. The van der Waals surface area contributed by atoms with Gasteiger partial charge >= 0.3 is 12.1 Å². The van der Waals surface area contributed by atoms with Crippen LogP contribution in [-0.2, 0) is 14.3 Å². The van der Waals surface area contributed by atoms with Crippen LogP contribution >= 0.6 is 0 Å². The Labute approximate surface area is 99.6 Å². The number of amides is 1. The number of hydrogen-bond donors (Lipinski definition) is 2. The molecule has 0 saturated carbocycles. The molecule has 0 spiro atoms. The summed E-state index contributed by atoms with van der Waals surface area (Å²) in [6.07, 6.45) is -0.663. The highest BCUT2D eigenvalue weighted by atomic mass is 16.6. The number of aliphatic hydroxyl groups excluding tert-OH is 1. The SMILES string of the molecule is C=C(C)C(=O)OCCNC(=O)OCC#CCO. The van der Waals surface area contributed by atoms with E-state index in [1.807, 2.05) is 0 Å². The predicted octanol–water partition coefficient (Wildman–Crippen LogP) is -0.172. The van der Waals surface area contributed by atoms with Crippen LogP contribution in [0.25, 0.3) is 0 Å². The first-order valence-corrected chi connectivity index (χ1v) is 4.87. The molecule has 0 saturated heterocycles. The lowest BCUT2D eigenvalue weighted by atomic mass is 10.4. The highest BCUT2D eigenvalue weighted by molar-refractivity contribution is 5.86. The van der Waals surface area contributed by atoms with Crippen LogP contribution in [0.4, 0.5) is 4.79 Å². The molecule has 6 nitrogen and oxygen atoms in total. The number of hydrogen-bond acceptors (Lipinski definition) is 5. The third-order valence-electron chi connectivity index (χ3n) is 1.43. The molecule has 0 heterocycles. The van der Waals surface area contributed by atoms with Crippen LogP contribution in [0.2, 0.25) is 0 Å². The van der Waals surface area contributed by atoms with Crippen LogP contribution < -0.4 is 5.32 Å². The van der Waals surface area contributed by atoms with Gasteiger partial charge in [0.1, 0.15) is 13.2 Å². The third-order valence-corrected chi connectivity index (χ3v) is 1.43. The molecule has 0 atom stereocenters. The molecule has 0 aromatic carbocycles. The topological polar surface area (TPSA) is 84.9 Å². The fourth-order valence-electron chi connectivity index (χ4n) is 0.680. The smallest absolute Gasteiger partial charge is 0.408 e. The van der Waals surface area contributed by atoms with Crippen LogP contribution in [0.5, 0.6) is 0 Å². The summed E-state index contributed by atoms with van der Waals surface area (Å²) in [5, 5.41) is 10.7. The van der Waals surface area contributed by atoms with Crippen LogP contribution in [0.1, 0.15) is 6.92 Å². The Kier molecular flexibility index (Phi) is 8.15. The number of esters is 1. The summed E-state index contributed by atoms with van der Waals surface area (Å²) in [4.78, 5) is 21.9. The molecule has 0 unspecified atom stereocenters. The van der Waals surface area contributed by atoms with E-state index in [0.29, 0.717) is 5.57 Å².